The molecule has 3 rings (SSSR count). The molecule has 13 heteroatoms. The van der Waals surface area contributed by atoms with E-state index in [0.717, 1.165) is 17.2 Å². The molecule has 0 aliphatic rings. The number of aryl methyl sites for hydroxylation is 2. The minimum Gasteiger partial charge on any atom is -0.325 e. The lowest BCUT2D eigenvalue weighted by Crippen LogP contribution is -2.15. The van der Waals surface area contributed by atoms with Gasteiger partial charge in [-0.3, -0.25) is 4.79 Å². The number of hydrogen-bond donors (Lipinski definition) is 2. The topological polar surface area (TPSA) is 146 Å². The molecular weight excluding hydrogens is 458 g/mol. The Bertz CT molecular complexity index is 1170. The van der Waals surface area contributed by atoms with Crippen LogP contribution in [0.5, 0.6) is 0 Å². The number of rotatable bonds is 8. The summed E-state index contributed by atoms with van der Waals surface area (Å²) in [4.78, 5) is 21.0. The van der Waals surface area contributed by atoms with E-state index in [-0.39, 0.29) is 16.6 Å². The molecule has 0 fully saturated rings. The highest BCUT2D eigenvalue weighted by atomic mass is 32.2. The summed E-state index contributed by atoms with van der Waals surface area (Å²) in [5, 5.41) is 17.4. The van der Waals surface area contributed by atoms with Crippen LogP contribution < -0.4 is 10.5 Å². The molecule has 0 atom stereocenters. The normalized spacial score (nSPS) is 11.5. The third-order valence-electron chi connectivity index (χ3n) is 4.02. The van der Waals surface area contributed by atoms with E-state index in [1.165, 1.54) is 47.8 Å². The molecule has 0 spiro atoms. The van der Waals surface area contributed by atoms with Crippen LogP contribution in [0.15, 0.2) is 45.5 Å². The number of nitrogens with one attached hydrogen (secondary N) is 1. The van der Waals surface area contributed by atoms with E-state index in [0.29, 0.717) is 21.8 Å². The van der Waals surface area contributed by atoms with Crippen LogP contribution in [0.1, 0.15) is 17.2 Å². The fraction of sp³-hybridized carbons (Fsp3) is 0.278. The zero-order valence-corrected chi connectivity index (χ0v) is 19.5. The van der Waals surface area contributed by atoms with Gasteiger partial charge in [0.25, 0.3) is 0 Å². The van der Waals surface area contributed by atoms with Crippen LogP contribution in [0.25, 0.3) is 0 Å². The fourth-order valence-electron chi connectivity index (χ4n) is 2.54. The Morgan fingerprint density at radius 1 is 1.10 bits per heavy atom. The van der Waals surface area contributed by atoms with E-state index in [4.69, 9.17) is 5.14 Å². The lowest BCUT2D eigenvalue weighted by Gasteiger charge is -2.06. The SMILES string of the molecule is Cc1cc(C)nc(SCc2nnc(SCC(=O)Nc3ccc(S(N)(=O)=O)cc3)n2C)n1. The predicted molar refractivity (Wildman–Crippen MR) is 119 cm³/mol. The second kappa shape index (κ2) is 9.77. The molecule has 0 aliphatic carbocycles. The van der Waals surface area contributed by atoms with Gasteiger partial charge in [-0.25, -0.2) is 23.5 Å². The average Bonchev–Trinajstić information content (AvgIpc) is 3.03. The first-order valence-corrected chi connectivity index (χ1v) is 12.5. The number of nitrogens with zero attached hydrogens (tertiary/aromatic N) is 5. The molecule has 1 aromatic carbocycles. The molecule has 31 heavy (non-hydrogen) atoms. The van der Waals surface area contributed by atoms with E-state index in [2.05, 4.69) is 25.5 Å². The second-order valence-electron chi connectivity index (χ2n) is 6.59. The van der Waals surface area contributed by atoms with Crippen molar-refractivity contribution in [1.82, 2.24) is 24.7 Å². The molecule has 1 amide bonds. The summed E-state index contributed by atoms with van der Waals surface area (Å²) in [6.07, 6.45) is 0. The van der Waals surface area contributed by atoms with Gasteiger partial charge in [0.05, 0.1) is 16.4 Å². The minimum absolute atomic E-state index is 0.0180. The van der Waals surface area contributed by atoms with Gasteiger partial charge in [0.15, 0.2) is 10.3 Å². The molecule has 0 unspecified atom stereocenters. The maximum absolute atomic E-state index is 12.2. The Hall–Kier alpha value is -2.48. The average molecular weight is 480 g/mol. The van der Waals surface area contributed by atoms with Gasteiger partial charge in [-0.15, -0.1) is 10.2 Å². The summed E-state index contributed by atoms with van der Waals surface area (Å²) in [7, 11) is -1.93. The quantitative estimate of drug-likeness (QED) is 0.365. The van der Waals surface area contributed by atoms with Crippen molar-refractivity contribution in [2.45, 2.75) is 34.8 Å². The summed E-state index contributed by atoms with van der Waals surface area (Å²) in [5.74, 6) is 1.16. The zero-order chi connectivity index (χ0) is 22.6. The number of hydrogen-bond acceptors (Lipinski definition) is 9. The highest BCUT2D eigenvalue weighted by Crippen LogP contribution is 2.22. The Balaban J connectivity index is 1.53. The number of carbonyl (C=O) groups excluding carboxylic acids is 1. The Labute approximate surface area is 188 Å². The molecule has 10 nitrogen and oxygen atoms in total. The number of benzene rings is 1. The van der Waals surface area contributed by atoms with Crippen molar-refractivity contribution in [1.29, 1.82) is 0 Å². The van der Waals surface area contributed by atoms with Gasteiger partial charge in [0, 0.05) is 24.1 Å². The molecule has 3 N–H and O–H groups in total. The van der Waals surface area contributed by atoms with Crippen LogP contribution in [-0.2, 0) is 27.6 Å². The van der Waals surface area contributed by atoms with Gasteiger partial charge in [-0.1, -0.05) is 23.5 Å². The first kappa shape index (κ1) is 23.2. The fourth-order valence-corrected chi connectivity index (χ4v) is 4.71. The summed E-state index contributed by atoms with van der Waals surface area (Å²) >= 11 is 2.72. The zero-order valence-electron chi connectivity index (χ0n) is 17.1. The van der Waals surface area contributed by atoms with E-state index >= 15 is 0 Å². The third-order valence-corrected chi connectivity index (χ3v) is 6.81. The Morgan fingerprint density at radius 2 is 1.74 bits per heavy atom. The summed E-state index contributed by atoms with van der Waals surface area (Å²) in [6, 6.07) is 7.55. The molecule has 2 heterocycles. The monoisotopic (exact) mass is 479 g/mol. The number of nitrogens with two attached hydrogens (primary N) is 1. The van der Waals surface area contributed by atoms with Gasteiger partial charge >= 0.3 is 0 Å². The number of primary sulfonamides is 1. The van der Waals surface area contributed by atoms with E-state index in [1.54, 1.807) is 0 Å². The molecule has 0 aliphatic heterocycles. The summed E-state index contributed by atoms with van der Waals surface area (Å²) in [6.45, 7) is 3.85. The molecule has 0 radical (unpaired) electrons. The maximum atomic E-state index is 12.2. The first-order valence-electron chi connectivity index (χ1n) is 9.00. The number of carbonyl (C=O) groups is 1. The van der Waals surface area contributed by atoms with Crippen molar-refractivity contribution in [3.05, 3.63) is 47.5 Å². The molecule has 3 aromatic rings. The maximum Gasteiger partial charge on any atom is 0.238 e. The lowest BCUT2D eigenvalue weighted by molar-refractivity contribution is -0.113. The number of anilines is 1. The van der Waals surface area contributed by atoms with E-state index in [1.807, 2.05) is 31.5 Å². The van der Waals surface area contributed by atoms with Crippen molar-refractivity contribution < 1.29 is 13.2 Å². The molecule has 2 aromatic heterocycles. The van der Waals surface area contributed by atoms with Crippen LogP contribution in [0.3, 0.4) is 0 Å². The largest absolute Gasteiger partial charge is 0.325 e. The van der Waals surface area contributed by atoms with Crippen molar-refractivity contribution in [2.75, 3.05) is 11.1 Å². The van der Waals surface area contributed by atoms with E-state index < -0.39 is 10.0 Å². The minimum atomic E-state index is -3.77. The summed E-state index contributed by atoms with van der Waals surface area (Å²) < 4.78 is 24.4. The third kappa shape index (κ3) is 6.50. The van der Waals surface area contributed by atoms with Gasteiger partial charge in [0.1, 0.15) is 5.82 Å². The lowest BCUT2D eigenvalue weighted by atomic mass is 10.3. The second-order valence-corrected chi connectivity index (χ2v) is 10.0. The van der Waals surface area contributed by atoms with Gasteiger partial charge < -0.3 is 9.88 Å². The Kier molecular flexibility index (Phi) is 7.30. The number of thioether (sulfide) groups is 2. The van der Waals surface area contributed by atoms with Crippen molar-refractivity contribution >= 4 is 45.1 Å². The van der Waals surface area contributed by atoms with Crippen LogP contribution in [0.4, 0.5) is 5.69 Å². The van der Waals surface area contributed by atoms with Crippen molar-refractivity contribution in [2.24, 2.45) is 12.2 Å². The van der Waals surface area contributed by atoms with Gasteiger partial charge in [-0.2, -0.15) is 0 Å². The van der Waals surface area contributed by atoms with Gasteiger partial charge in [0.2, 0.25) is 15.9 Å². The van der Waals surface area contributed by atoms with Crippen LogP contribution in [-0.4, -0.2) is 44.8 Å². The predicted octanol–water partition coefficient (Wildman–Crippen LogP) is 1.89. The molecule has 0 saturated heterocycles. The van der Waals surface area contributed by atoms with Crippen LogP contribution >= 0.6 is 23.5 Å². The molecule has 0 saturated carbocycles. The Morgan fingerprint density at radius 3 is 2.35 bits per heavy atom. The highest BCUT2D eigenvalue weighted by molar-refractivity contribution is 7.99. The molecule has 0 bridgehead atoms. The van der Waals surface area contributed by atoms with Crippen LogP contribution in [0, 0.1) is 13.8 Å². The first-order chi connectivity index (χ1) is 14.6. The smallest absolute Gasteiger partial charge is 0.238 e. The van der Waals surface area contributed by atoms with Crippen molar-refractivity contribution in [3.8, 4) is 0 Å². The highest BCUT2D eigenvalue weighted by Gasteiger charge is 2.13. The number of aromatic nitrogens is 5. The number of amides is 1. The molecule has 164 valence electrons. The standard InChI is InChI=1S/C18H21N7O3S3/c1-11-8-12(2)21-17(20-11)29-9-15-23-24-18(25(15)3)30-10-16(26)22-13-4-6-14(7-5-13)31(19,27)28/h4-8H,9-10H2,1-3H3,(H,22,26)(H2,19,27,28). The van der Waals surface area contributed by atoms with E-state index in [9.17, 15) is 13.2 Å². The summed E-state index contributed by atoms with van der Waals surface area (Å²) in [5.41, 5.74) is 2.30. The van der Waals surface area contributed by atoms with Gasteiger partial charge in [-0.05, 0) is 44.2 Å². The van der Waals surface area contributed by atoms with Crippen molar-refractivity contribution in [3.63, 3.8) is 0 Å². The van der Waals surface area contributed by atoms with Crippen LogP contribution in [0.2, 0.25) is 0 Å². The molecular formula is C18H21N7O3S3. The number of sulfonamides is 1.